The zero-order valence-corrected chi connectivity index (χ0v) is 18.5. The molecule has 2 amide bonds. The number of nitrogens with zero attached hydrogens (tertiary/aromatic N) is 4. The monoisotopic (exact) mass is 445 g/mol. The fourth-order valence-electron chi connectivity index (χ4n) is 4.42. The molecule has 1 saturated heterocycles. The lowest BCUT2D eigenvalue weighted by molar-refractivity contribution is -0.118. The number of aromatic nitrogens is 3. The highest BCUT2D eigenvalue weighted by atomic mass is 16.5. The second-order valence-electron chi connectivity index (χ2n) is 8.46. The van der Waals surface area contributed by atoms with Gasteiger partial charge in [-0.15, -0.1) is 10.2 Å². The molecule has 3 aromatic rings. The lowest BCUT2D eigenvalue weighted by Crippen LogP contribution is -2.23. The molecule has 2 aliphatic rings. The smallest absolute Gasteiger partial charge is 0.262 e. The summed E-state index contributed by atoms with van der Waals surface area (Å²) >= 11 is 0. The highest BCUT2D eigenvalue weighted by Crippen LogP contribution is 2.26. The molecule has 2 aromatic carbocycles. The minimum atomic E-state index is -0.244. The van der Waals surface area contributed by atoms with Gasteiger partial charge in [0.1, 0.15) is 11.6 Å². The van der Waals surface area contributed by atoms with Crippen LogP contribution in [0, 0.1) is 0 Å². The minimum Gasteiger partial charge on any atom is -0.484 e. The summed E-state index contributed by atoms with van der Waals surface area (Å²) in [5, 5.41) is 11.7. The third kappa shape index (κ3) is 4.74. The highest BCUT2D eigenvalue weighted by molar-refractivity contribution is 5.95. The summed E-state index contributed by atoms with van der Waals surface area (Å²) in [5.74, 6) is 2.36. The van der Waals surface area contributed by atoms with Crippen molar-refractivity contribution in [2.24, 2.45) is 0 Å². The number of amides is 2. The Bertz CT molecular complexity index is 1160. The molecule has 8 heteroatoms. The van der Waals surface area contributed by atoms with Gasteiger partial charge in [-0.1, -0.05) is 18.6 Å². The molecule has 3 heterocycles. The van der Waals surface area contributed by atoms with Crippen LogP contribution in [0.25, 0.3) is 11.4 Å². The van der Waals surface area contributed by atoms with Crippen LogP contribution in [0.1, 0.15) is 37.9 Å². The second kappa shape index (κ2) is 9.44. The van der Waals surface area contributed by atoms with Gasteiger partial charge < -0.3 is 19.5 Å². The number of carbonyl (C=O) groups excluding carboxylic acids is 2. The summed E-state index contributed by atoms with van der Waals surface area (Å²) in [6.45, 7) is 1.57. The Morgan fingerprint density at radius 1 is 0.970 bits per heavy atom. The highest BCUT2D eigenvalue weighted by Gasteiger charge is 2.21. The SMILES string of the molecule is O=C(COc1ccc(N2CCCC2=O)cc1)Nc1cccc(-c2nnc3n2CCCCC3)c1. The largest absolute Gasteiger partial charge is 0.484 e. The number of aryl methyl sites for hydroxylation is 1. The van der Waals surface area contributed by atoms with Crippen LogP contribution >= 0.6 is 0 Å². The number of fused-ring (bicyclic) bond motifs is 1. The summed E-state index contributed by atoms with van der Waals surface area (Å²) < 4.78 is 7.82. The molecular formula is C25H27N5O3. The molecule has 0 bridgehead atoms. The van der Waals surface area contributed by atoms with E-state index in [9.17, 15) is 9.59 Å². The van der Waals surface area contributed by atoms with Crippen molar-refractivity contribution >= 4 is 23.2 Å². The maximum absolute atomic E-state index is 12.5. The fourth-order valence-corrected chi connectivity index (χ4v) is 4.42. The molecular weight excluding hydrogens is 418 g/mol. The Hall–Kier alpha value is -3.68. The normalized spacial score (nSPS) is 15.8. The number of benzene rings is 2. The average Bonchev–Trinajstić information content (AvgIpc) is 3.37. The van der Waals surface area contributed by atoms with Gasteiger partial charge >= 0.3 is 0 Å². The van der Waals surface area contributed by atoms with Gasteiger partial charge in [0, 0.05) is 42.9 Å². The first kappa shape index (κ1) is 21.2. The van der Waals surface area contributed by atoms with E-state index in [0.29, 0.717) is 17.9 Å². The van der Waals surface area contributed by atoms with Crippen LogP contribution in [-0.2, 0) is 22.6 Å². The van der Waals surface area contributed by atoms with E-state index in [4.69, 9.17) is 4.74 Å². The molecule has 170 valence electrons. The topological polar surface area (TPSA) is 89.3 Å². The van der Waals surface area contributed by atoms with E-state index in [1.165, 1.54) is 6.42 Å². The molecule has 0 aliphatic carbocycles. The maximum Gasteiger partial charge on any atom is 0.262 e. The number of ether oxygens (including phenoxy) is 1. The number of anilines is 2. The van der Waals surface area contributed by atoms with E-state index in [1.807, 2.05) is 36.4 Å². The van der Waals surface area contributed by atoms with Crippen molar-refractivity contribution in [3.63, 3.8) is 0 Å². The van der Waals surface area contributed by atoms with E-state index in [2.05, 4.69) is 20.1 Å². The molecule has 8 nitrogen and oxygen atoms in total. The molecule has 0 atom stereocenters. The number of hydrogen-bond acceptors (Lipinski definition) is 5. The third-order valence-corrected chi connectivity index (χ3v) is 6.11. The van der Waals surface area contributed by atoms with Crippen LogP contribution in [0.4, 0.5) is 11.4 Å². The predicted octanol–water partition coefficient (Wildman–Crippen LogP) is 3.82. The zero-order valence-electron chi connectivity index (χ0n) is 18.5. The molecule has 0 unspecified atom stereocenters. The van der Waals surface area contributed by atoms with Crippen molar-refractivity contribution in [2.75, 3.05) is 23.4 Å². The molecule has 2 aliphatic heterocycles. The predicted molar refractivity (Wildman–Crippen MR) is 125 cm³/mol. The molecule has 5 rings (SSSR count). The molecule has 0 radical (unpaired) electrons. The first-order chi connectivity index (χ1) is 16.2. The fraction of sp³-hybridized carbons (Fsp3) is 0.360. The first-order valence-electron chi connectivity index (χ1n) is 11.5. The van der Waals surface area contributed by atoms with Crippen molar-refractivity contribution in [3.8, 4) is 17.1 Å². The number of carbonyl (C=O) groups is 2. The molecule has 33 heavy (non-hydrogen) atoms. The van der Waals surface area contributed by atoms with Crippen LogP contribution in [0.2, 0.25) is 0 Å². The van der Waals surface area contributed by atoms with Gasteiger partial charge in [0.2, 0.25) is 5.91 Å². The van der Waals surface area contributed by atoms with Crippen LogP contribution < -0.4 is 15.0 Å². The minimum absolute atomic E-state index is 0.105. The maximum atomic E-state index is 12.5. The Morgan fingerprint density at radius 2 is 1.85 bits per heavy atom. The second-order valence-corrected chi connectivity index (χ2v) is 8.46. The number of hydrogen-bond donors (Lipinski definition) is 1. The van der Waals surface area contributed by atoms with E-state index in [0.717, 1.165) is 61.7 Å². The van der Waals surface area contributed by atoms with Crippen LogP contribution in [0.5, 0.6) is 5.75 Å². The lowest BCUT2D eigenvalue weighted by Gasteiger charge is -2.16. The molecule has 0 spiro atoms. The summed E-state index contributed by atoms with van der Waals surface area (Å²) in [4.78, 5) is 26.1. The standard InChI is InChI=1S/C25H27N5O3/c31-23(17-33-21-12-10-20(11-13-21)29-15-5-9-24(29)32)26-19-7-4-6-18(16-19)25-28-27-22-8-2-1-3-14-30(22)25/h4,6-7,10-13,16H,1-3,5,8-9,14-15,17H2,(H,26,31). The summed E-state index contributed by atoms with van der Waals surface area (Å²) in [6.07, 6.45) is 5.92. The Balaban J connectivity index is 1.20. The molecule has 1 fully saturated rings. The molecule has 1 N–H and O–H groups in total. The van der Waals surface area contributed by atoms with Crippen LogP contribution in [-0.4, -0.2) is 39.7 Å². The third-order valence-electron chi connectivity index (χ3n) is 6.11. The van der Waals surface area contributed by atoms with Gasteiger partial charge in [-0.25, -0.2) is 0 Å². The Kier molecular flexibility index (Phi) is 6.06. The van der Waals surface area contributed by atoms with Crippen molar-refractivity contribution in [1.82, 2.24) is 14.8 Å². The van der Waals surface area contributed by atoms with E-state index < -0.39 is 0 Å². The van der Waals surface area contributed by atoms with Crippen LogP contribution in [0.15, 0.2) is 48.5 Å². The van der Waals surface area contributed by atoms with Gasteiger partial charge in [0.05, 0.1) is 0 Å². The van der Waals surface area contributed by atoms with Crippen LogP contribution in [0.3, 0.4) is 0 Å². The van der Waals surface area contributed by atoms with Crippen molar-refractivity contribution < 1.29 is 14.3 Å². The van der Waals surface area contributed by atoms with Crippen molar-refractivity contribution in [1.29, 1.82) is 0 Å². The number of rotatable bonds is 6. The van der Waals surface area contributed by atoms with Crippen molar-refractivity contribution in [2.45, 2.75) is 45.1 Å². The molecule has 0 saturated carbocycles. The summed E-state index contributed by atoms with van der Waals surface area (Å²) in [5.41, 5.74) is 2.48. The lowest BCUT2D eigenvalue weighted by atomic mass is 10.2. The Labute approximate surface area is 192 Å². The van der Waals surface area contributed by atoms with E-state index in [1.54, 1.807) is 17.0 Å². The Morgan fingerprint density at radius 3 is 2.67 bits per heavy atom. The van der Waals surface area contributed by atoms with Gasteiger partial charge in [-0.3, -0.25) is 9.59 Å². The van der Waals surface area contributed by atoms with Gasteiger partial charge in [0.15, 0.2) is 12.4 Å². The quantitative estimate of drug-likeness (QED) is 0.623. The zero-order chi connectivity index (χ0) is 22.6. The first-order valence-corrected chi connectivity index (χ1v) is 11.5. The van der Waals surface area contributed by atoms with Gasteiger partial charge in [-0.05, 0) is 55.7 Å². The van der Waals surface area contributed by atoms with E-state index in [-0.39, 0.29) is 18.4 Å². The van der Waals surface area contributed by atoms with Gasteiger partial charge in [0.25, 0.3) is 5.91 Å². The summed E-state index contributed by atoms with van der Waals surface area (Å²) in [7, 11) is 0. The molecule has 1 aromatic heterocycles. The van der Waals surface area contributed by atoms with Gasteiger partial charge in [-0.2, -0.15) is 0 Å². The van der Waals surface area contributed by atoms with Crippen molar-refractivity contribution in [3.05, 3.63) is 54.4 Å². The van der Waals surface area contributed by atoms with E-state index >= 15 is 0 Å². The number of nitrogens with one attached hydrogen (secondary N) is 1. The average molecular weight is 446 g/mol. The summed E-state index contributed by atoms with van der Waals surface area (Å²) in [6, 6.07) is 14.9.